The molecule has 1 aliphatic rings. The zero-order chi connectivity index (χ0) is 10.1. The fourth-order valence-corrected chi connectivity index (χ4v) is 2.62. The van der Waals surface area contributed by atoms with Crippen molar-refractivity contribution in [2.45, 2.75) is 19.4 Å². The average molecular weight is 212 g/mol. The van der Waals surface area contributed by atoms with E-state index < -0.39 is 11.9 Å². The van der Waals surface area contributed by atoms with Gasteiger partial charge < -0.3 is 9.84 Å². The SMILES string of the molecule is C[C@H](C(=O)O)[C@H]1OCCc2sccc21. The Morgan fingerprint density at radius 3 is 3.29 bits per heavy atom. The summed E-state index contributed by atoms with van der Waals surface area (Å²) in [5.41, 5.74) is 1.07. The standard InChI is InChI=1S/C10H12O3S/c1-6(10(11)12)9-7-3-5-14-8(7)2-4-13-9/h3,5-6,9H,2,4H2,1H3,(H,11,12)/t6-,9+/m0/s1. The smallest absolute Gasteiger partial charge is 0.309 e. The van der Waals surface area contributed by atoms with E-state index in [1.165, 1.54) is 4.88 Å². The Bertz CT molecular complexity index is 345. The van der Waals surface area contributed by atoms with Crippen LogP contribution in [0.15, 0.2) is 11.4 Å². The zero-order valence-electron chi connectivity index (χ0n) is 7.90. The molecule has 76 valence electrons. The number of thiophene rings is 1. The molecule has 0 aromatic carbocycles. The molecule has 3 nitrogen and oxygen atoms in total. The summed E-state index contributed by atoms with van der Waals surface area (Å²) in [6.45, 7) is 2.33. The third kappa shape index (κ3) is 1.55. The number of aliphatic carboxylic acids is 1. The van der Waals surface area contributed by atoms with E-state index in [0.717, 1.165) is 12.0 Å². The van der Waals surface area contributed by atoms with Crippen LogP contribution in [-0.2, 0) is 16.0 Å². The summed E-state index contributed by atoms with van der Waals surface area (Å²) in [5, 5.41) is 10.9. The van der Waals surface area contributed by atoms with Gasteiger partial charge in [-0.2, -0.15) is 0 Å². The third-order valence-corrected chi connectivity index (χ3v) is 3.55. The van der Waals surface area contributed by atoms with E-state index in [-0.39, 0.29) is 6.10 Å². The lowest BCUT2D eigenvalue weighted by atomic mass is 9.95. The maximum absolute atomic E-state index is 10.9. The van der Waals surface area contributed by atoms with Crippen LogP contribution < -0.4 is 0 Å². The van der Waals surface area contributed by atoms with Crippen LogP contribution in [0.2, 0.25) is 0 Å². The van der Waals surface area contributed by atoms with Gasteiger partial charge in [0.15, 0.2) is 0 Å². The van der Waals surface area contributed by atoms with Crippen molar-refractivity contribution in [1.29, 1.82) is 0 Å². The second-order valence-corrected chi connectivity index (χ2v) is 4.47. The number of carboxylic acids is 1. The number of carbonyl (C=O) groups is 1. The van der Waals surface area contributed by atoms with Crippen LogP contribution in [0, 0.1) is 5.92 Å². The molecule has 0 radical (unpaired) electrons. The normalized spacial score (nSPS) is 22.8. The van der Waals surface area contributed by atoms with Crippen molar-refractivity contribution in [2.75, 3.05) is 6.61 Å². The van der Waals surface area contributed by atoms with Gasteiger partial charge in [-0.15, -0.1) is 11.3 Å². The molecule has 2 rings (SSSR count). The quantitative estimate of drug-likeness (QED) is 0.816. The van der Waals surface area contributed by atoms with Crippen LogP contribution in [0.25, 0.3) is 0 Å². The minimum Gasteiger partial charge on any atom is -0.481 e. The van der Waals surface area contributed by atoms with Crippen LogP contribution in [-0.4, -0.2) is 17.7 Å². The van der Waals surface area contributed by atoms with Gasteiger partial charge in [-0.3, -0.25) is 4.79 Å². The fraction of sp³-hybridized carbons (Fsp3) is 0.500. The van der Waals surface area contributed by atoms with Crippen LogP contribution in [0.5, 0.6) is 0 Å². The molecule has 2 atom stereocenters. The molecule has 1 N–H and O–H groups in total. The monoisotopic (exact) mass is 212 g/mol. The highest BCUT2D eigenvalue weighted by atomic mass is 32.1. The first-order valence-electron chi connectivity index (χ1n) is 4.61. The third-order valence-electron chi connectivity index (χ3n) is 2.56. The summed E-state index contributed by atoms with van der Waals surface area (Å²) in [5.74, 6) is -1.27. The van der Waals surface area contributed by atoms with E-state index in [0.29, 0.717) is 6.61 Å². The second-order valence-electron chi connectivity index (χ2n) is 3.47. The Hall–Kier alpha value is -0.870. The highest BCUT2D eigenvalue weighted by Crippen LogP contribution is 2.35. The van der Waals surface area contributed by atoms with Gasteiger partial charge in [-0.25, -0.2) is 0 Å². The van der Waals surface area contributed by atoms with Crippen LogP contribution in [0.1, 0.15) is 23.5 Å². The van der Waals surface area contributed by atoms with E-state index >= 15 is 0 Å². The Kier molecular flexibility index (Phi) is 2.56. The number of rotatable bonds is 2. The number of carboxylic acid groups (broad SMARTS) is 1. The van der Waals surface area contributed by atoms with Gasteiger partial charge in [0.2, 0.25) is 0 Å². The molecule has 14 heavy (non-hydrogen) atoms. The molecule has 0 saturated carbocycles. The summed E-state index contributed by atoms with van der Waals surface area (Å²) in [6, 6.07) is 1.98. The van der Waals surface area contributed by atoms with Crippen molar-refractivity contribution >= 4 is 17.3 Å². The summed E-state index contributed by atoms with van der Waals surface area (Å²) in [7, 11) is 0. The van der Waals surface area contributed by atoms with Crippen molar-refractivity contribution in [1.82, 2.24) is 0 Å². The van der Waals surface area contributed by atoms with Crippen molar-refractivity contribution in [3.63, 3.8) is 0 Å². The summed E-state index contributed by atoms with van der Waals surface area (Å²) >= 11 is 1.69. The average Bonchev–Trinajstić information content (AvgIpc) is 2.63. The number of fused-ring (bicyclic) bond motifs is 1. The number of ether oxygens (including phenoxy) is 1. The second kappa shape index (κ2) is 3.71. The molecule has 1 aromatic rings. The van der Waals surface area contributed by atoms with E-state index in [1.54, 1.807) is 18.3 Å². The highest BCUT2D eigenvalue weighted by molar-refractivity contribution is 7.10. The predicted octanol–water partition coefficient (Wildman–Crippen LogP) is 2.08. The zero-order valence-corrected chi connectivity index (χ0v) is 8.71. The molecule has 0 saturated heterocycles. The summed E-state index contributed by atoms with van der Waals surface area (Å²) < 4.78 is 5.51. The minimum atomic E-state index is -0.797. The molecule has 0 fully saturated rings. The van der Waals surface area contributed by atoms with Gasteiger partial charge in [-0.1, -0.05) is 0 Å². The fourth-order valence-electron chi connectivity index (χ4n) is 1.72. The Morgan fingerprint density at radius 1 is 1.79 bits per heavy atom. The van der Waals surface area contributed by atoms with E-state index in [2.05, 4.69) is 0 Å². The van der Waals surface area contributed by atoms with E-state index in [1.807, 2.05) is 11.4 Å². The molecule has 0 amide bonds. The van der Waals surface area contributed by atoms with Crippen LogP contribution in [0.3, 0.4) is 0 Å². The Balaban J connectivity index is 2.28. The molecule has 4 heteroatoms. The van der Waals surface area contributed by atoms with Gasteiger partial charge in [0.1, 0.15) is 0 Å². The van der Waals surface area contributed by atoms with Gasteiger partial charge in [-0.05, 0) is 23.9 Å². The lowest BCUT2D eigenvalue weighted by Crippen LogP contribution is -2.25. The van der Waals surface area contributed by atoms with Crippen molar-refractivity contribution < 1.29 is 14.6 Å². The van der Waals surface area contributed by atoms with Crippen molar-refractivity contribution in [3.8, 4) is 0 Å². The first-order chi connectivity index (χ1) is 6.70. The first-order valence-corrected chi connectivity index (χ1v) is 5.49. The van der Waals surface area contributed by atoms with Gasteiger partial charge in [0.25, 0.3) is 0 Å². The maximum atomic E-state index is 10.9. The van der Waals surface area contributed by atoms with E-state index in [4.69, 9.17) is 9.84 Å². The predicted molar refractivity (Wildman–Crippen MR) is 53.5 cm³/mol. The molecule has 2 heterocycles. The molecule has 1 aliphatic heterocycles. The van der Waals surface area contributed by atoms with Crippen molar-refractivity contribution in [2.24, 2.45) is 5.92 Å². The van der Waals surface area contributed by atoms with E-state index in [9.17, 15) is 4.79 Å². The Labute approximate surface area is 86.3 Å². The largest absolute Gasteiger partial charge is 0.481 e. The molecular weight excluding hydrogens is 200 g/mol. The van der Waals surface area contributed by atoms with Gasteiger partial charge in [0.05, 0.1) is 18.6 Å². The number of hydrogen-bond acceptors (Lipinski definition) is 3. The first kappa shape index (κ1) is 9.68. The van der Waals surface area contributed by atoms with Crippen LogP contribution in [0.4, 0.5) is 0 Å². The lowest BCUT2D eigenvalue weighted by Gasteiger charge is -2.26. The Morgan fingerprint density at radius 2 is 2.57 bits per heavy atom. The highest BCUT2D eigenvalue weighted by Gasteiger charge is 2.30. The molecule has 0 unspecified atom stereocenters. The molecular formula is C10H12O3S. The topological polar surface area (TPSA) is 46.5 Å². The van der Waals surface area contributed by atoms with Crippen molar-refractivity contribution in [3.05, 3.63) is 21.9 Å². The molecule has 0 bridgehead atoms. The number of hydrogen-bond donors (Lipinski definition) is 1. The van der Waals surface area contributed by atoms with Crippen LogP contribution >= 0.6 is 11.3 Å². The van der Waals surface area contributed by atoms with Gasteiger partial charge >= 0.3 is 5.97 Å². The summed E-state index contributed by atoms with van der Waals surface area (Å²) in [4.78, 5) is 12.1. The minimum absolute atomic E-state index is 0.262. The molecule has 0 spiro atoms. The molecule has 0 aliphatic carbocycles. The molecule has 1 aromatic heterocycles. The maximum Gasteiger partial charge on any atom is 0.309 e. The lowest BCUT2D eigenvalue weighted by molar-refractivity contribution is -0.147. The summed E-state index contributed by atoms with van der Waals surface area (Å²) in [6.07, 6.45) is 0.651. The van der Waals surface area contributed by atoms with Gasteiger partial charge in [0, 0.05) is 11.3 Å².